The van der Waals surface area contributed by atoms with Gasteiger partial charge in [0.1, 0.15) is 0 Å². The first-order valence-electron chi connectivity index (χ1n) is 5.84. The quantitative estimate of drug-likeness (QED) is 0.573. The van der Waals surface area contributed by atoms with E-state index in [4.69, 9.17) is 10.8 Å². The Morgan fingerprint density at radius 1 is 1.25 bits per heavy atom. The van der Waals surface area contributed by atoms with E-state index in [9.17, 15) is 0 Å². The van der Waals surface area contributed by atoms with Crippen molar-refractivity contribution in [3.05, 3.63) is 23.8 Å². The summed E-state index contributed by atoms with van der Waals surface area (Å²) in [7, 11) is 2.08. The van der Waals surface area contributed by atoms with Gasteiger partial charge < -0.3 is 15.7 Å². The Morgan fingerprint density at radius 3 is 2.69 bits per heavy atom. The van der Waals surface area contributed by atoms with Crippen molar-refractivity contribution in [2.24, 2.45) is 0 Å². The molecule has 0 saturated carbocycles. The lowest BCUT2D eigenvalue weighted by Crippen LogP contribution is -2.19. The van der Waals surface area contributed by atoms with Crippen molar-refractivity contribution in [2.75, 3.05) is 30.8 Å². The molecule has 1 aromatic rings. The van der Waals surface area contributed by atoms with Crippen LogP contribution in [-0.4, -0.2) is 25.3 Å². The van der Waals surface area contributed by atoms with Gasteiger partial charge in [-0.3, -0.25) is 0 Å². The third-order valence-corrected chi connectivity index (χ3v) is 2.91. The zero-order chi connectivity index (χ0) is 12.0. The van der Waals surface area contributed by atoms with E-state index in [-0.39, 0.29) is 0 Å². The van der Waals surface area contributed by atoms with E-state index in [1.165, 1.54) is 5.69 Å². The van der Waals surface area contributed by atoms with Gasteiger partial charge in [-0.15, -0.1) is 0 Å². The van der Waals surface area contributed by atoms with Gasteiger partial charge >= 0.3 is 0 Å². The zero-order valence-corrected chi connectivity index (χ0v) is 10.2. The van der Waals surface area contributed by atoms with Crippen LogP contribution in [-0.2, 0) is 0 Å². The molecule has 3 N–H and O–H groups in total. The van der Waals surface area contributed by atoms with Gasteiger partial charge in [-0.25, -0.2) is 0 Å². The summed E-state index contributed by atoms with van der Waals surface area (Å²) in [6.45, 7) is 3.35. The Balaban J connectivity index is 2.52. The van der Waals surface area contributed by atoms with Crippen LogP contribution < -0.4 is 10.6 Å². The third-order valence-electron chi connectivity index (χ3n) is 2.91. The Hall–Kier alpha value is -1.22. The van der Waals surface area contributed by atoms with Crippen LogP contribution in [0.2, 0.25) is 0 Å². The number of hydrogen-bond donors (Lipinski definition) is 2. The highest BCUT2D eigenvalue weighted by Gasteiger charge is 2.05. The molecule has 0 saturated heterocycles. The smallest absolute Gasteiger partial charge is 0.0431 e. The highest BCUT2D eigenvalue weighted by molar-refractivity contribution is 5.63. The summed E-state index contributed by atoms with van der Waals surface area (Å²) < 4.78 is 0. The van der Waals surface area contributed by atoms with Crippen LogP contribution in [0.1, 0.15) is 24.8 Å². The molecule has 0 fully saturated rings. The predicted octanol–water partition coefficient (Wildman–Crippen LogP) is 2.18. The minimum Gasteiger partial charge on any atom is -0.398 e. The average molecular weight is 222 g/mol. The maximum Gasteiger partial charge on any atom is 0.0431 e. The molecule has 0 spiro atoms. The first-order chi connectivity index (χ1) is 7.66. The number of anilines is 2. The molecule has 0 bridgehead atoms. The fourth-order valence-electron chi connectivity index (χ4n) is 1.81. The van der Waals surface area contributed by atoms with Gasteiger partial charge in [0.25, 0.3) is 0 Å². The van der Waals surface area contributed by atoms with E-state index in [1.807, 2.05) is 12.1 Å². The van der Waals surface area contributed by atoms with Gasteiger partial charge in [-0.2, -0.15) is 0 Å². The molecule has 0 aromatic heterocycles. The summed E-state index contributed by atoms with van der Waals surface area (Å²) in [6.07, 6.45) is 3.07. The van der Waals surface area contributed by atoms with E-state index in [1.54, 1.807) is 0 Å². The monoisotopic (exact) mass is 222 g/mol. The summed E-state index contributed by atoms with van der Waals surface area (Å²) >= 11 is 0. The third kappa shape index (κ3) is 3.42. The number of benzene rings is 1. The molecular weight excluding hydrogens is 200 g/mol. The van der Waals surface area contributed by atoms with Crippen LogP contribution in [0, 0.1) is 6.92 Å². The zero-order valence-electron chi connectivity index (χ0n) is 10.2. The first kappa shape index (κ1) is 12.8. The van der Waals surface area contributed by atoms with Crippen LogP contribution in [0.4, 0.5) is 11.4 Å². The SMILES string of the molecule is Cc1c(N)cccc1N(C)CCCCCO. The molecule has 0 amide bonds. The van der Waals surface area contributed by atoms with Crippen molar-refractivity contribution in [2.45, 2.75) is 26.2 Å². The predicted molar refractivity (Wildman–Crippen MR) is 69.8 cm³/mol. The lowest BCUT2D eigenvalue weighted by atomic mass is 10.1. The van der Waals surface area contributed by atoms with Crippen molar-refractivity contribution >= 4 is 11.4 Å². The molecule has 0 aliphatic heterocycles. The van der Waals surface area contributed by atoms with Crippen LogP contribution in [0.3, 0.4) is 0 Å². The van der Waals surface area contributed by atoms with Crippen LogP contribution >= 0.6 is 0 Å². The molecule has 0 radical (unpaired) electrons. The first-order valence-corrected chi connectivity index (χ1v) is 5.84. The van der Waals surface area contributed by atoms with E-state index in [2.05, 4.69) is 24.9 Å². The Bertz CT molecular complexity index is 326. The van der Waals surface area contributed by atoms with Gasteiger partial charge in [0.2, 0.25) is 0 Å². The molecule has 0 aliphatic carbocycles. The molecule has 0 unspecified atom stereocenters. The maximum atomic E-state index is 8.70. The van der Waals surface area contributed by atoms with Crippen molar-refractivity contribution in [1.29, 1.82) is 0 Å². The number of aliphatic hydroxyl groups is 1. The van der Waals surface area contributed by atoms with Crippen molar-refractivity contribution < 1.29 is 5.11 Å². The van der Waals surface area contributed by atoms with Crippen LogP contribution in [0.15, 0.2) is 18.2 Å². The Morgan fingerprint density at radius 2 is 2.00 bits per heavy atom. The number of nitrogens with two attached hydrogens (primary N) is 1. The highest BCUT2D eigenvalue weighted by Crippen LogP contribution is 2.23. The summed E-state index contributed by atoms with van der Waals surface area (Å²) in [4.78, 5) is 2.23. The van der Waals surface area contributed by atoms with Crippen molar-refractivity contribution in [3.8, 4) is 0 Å². The number of rotatable bonds is 6. The second-order valence-corrected chi connectivity index (χ2v) is 4.20. The van der Waals surface area contributed by atoms with Crippen LogP contribution in [0.25, 0.3) is 0 Å². The van der Waals surface area contributed by atoms with Gasteiger partial charge in [0.05, 0.1) is 0 Å². The fourth-order valence-corrected chi connectivity index (χ4v) is 1.81. The lowest BCUT2D eigenvalue weighted by molar-refractivity contribution is 0.283. The largest absolute Gasteiger partial charge is 0.398 e. The number of aliphatic hydroxyl groups excluding tert-OH is 1. The standard InChI is InChI=1S/C13H22N2O/c1-11-12(14)7-6-8-13(11)15(2)9-4-3-5-10-16/h6-8,16H,3-5,9-10,14H2,1-2H3. The molecule has 16 heavy (non-hydrogen) atoms. The normalized spacial score (nSPS) is 10.4. The van der Waals surface area contributed by atoms with Gasteiger partial charge in [0, 0.05) is 31.6 Å². The van der Waals surface area contributed by atoms with E-state index in [0.717, 1.165) is 37.1 Å². The number of unbranched alkanes of at least 4 members (excludes halogenated alkanes) is 2. The molecule has 3 nitrogen and oxygen atoms in total. The molecule has 90 valence electrons. The highest BCUT2D eigenvalue weighted by atomic mass is 16.2. The molecule has 1 rings (SSSR count). The Kier molecular flexibility index (Phi) is 5.12. The molecule has 0 atom stereocenters. The molecule has 0 aliphatic rings. The van der Waals surface area contributed by atoms with E-state index in [0.29, 0.717) is 6.61 Å². The lowest BCUT2D eigenvalue weighted by Gasteiger charge is -2.22. The van der Waals surface area contributed by atoms with Crippen molar-refractivity contribution in [1.82, 2.24) is 0 Å². The summed E-state index contributed by atoms with van der Waals surface area (Å²) in [6, 6.07) is 6.01. The second-order valence-electron chi connectivity index (χ2n) is 4.20. The topological polar surface area (TPSA) is 49.5 Å². The van der Waals surface area contributed by atoms with Gasteiger partial charge in [-0.05, 0) is 43.9 Å². The maximum absolute atomic E-state index is 8.70. The molecule has 0 heterocycles. The molecular formula is C13H22N2O. The summed E-state index contributed by atoms with van der Waals surface area (Å²) in [5, 5.41) is 8.70. The number of nitrogen functional groups attached to an aromatic ring is 1. The Labute approximate surface area is 97.9 Å². The minimum absolute atomic E-state index is 0.293. The van der Waals surface area contributed by atoms with Crippen LogP contribution in [0.5, 0.6) is 0 Å². The van der Waals surface area contributed by atoms with E-state index < -0.39 is 0 Å². The fraction of sp³-hybridized carbons (Fsp3) is 0.538. The van der Waals surface area contributed by atoms with Crippen molar-refractivity contribution in [3.63, 3.8) is 0 Å². The summed E-state index contributed by atoms with van der Waals surface area (Å²) in [5.74, 6) is 0. The molecule has 3 heteroatoms. The number of nitrogens with zero attached hydrogens (tertiary/aromatic N) is 1. The number of hydrogen-bond acceptors (Lipinski definition) is 3. The average Bonchev–Trinajstić information content (AvgIpc) is 2.28. The summed E-state index contributed by atoms with van der Waals surface area (Å²) in [5.41, 5.74) is 9.07. The van der Waals surface area contributed by atoms with Gasteiger partial charge in [-0.1, -0.05) is 6.07 Å². The van der Waals surface area contributed by atoms with E-state index >= 15 is 0 Å². The molecule has 1 aromatic carbocycles. The van der Waals surface area contributed by atoms with Gasteiger partial charge in [0.15, 0.2) is 0 Å². The second kappa shape index (κ2) is 6.38. The minimum atomic E-state index is 0.293.